The van der Waals surface area contributed by atoms with E-state index in [2.05, 4.69) is 23.6 Å². The summed E-state index contributed by atoms with van der Waals surface area (Å²) in [6.07, 6.45) is 36.8. The van der Waals surface area contributed by atoms with Crippen LogP contribution in [-0.4, -0.2) is 58.6 Å². The Kier molecular flexibility index (Phi) is 27.4. The van der Waals surface area contributed by atoms with E-state index in [-0.39, 0.29) is 12.5 Å². The summed E-state index contributed by atoms with van der Waals surface area (Å²) in [6, 6.07) is 0. The lowest BCUT2D eigenvalue weighted by Gasteiger charge is -2.39. The van der Waals surface area contributed by atoms with Gasteiger partial charge in [-0.05, 0) is 25.7 Å². The largest absolute Gasteiger partial charge is 0.378 e. The highest BCUT2D eigenvalue weighted by Crippen LogP contribution is 2.18. The highest BCUT2D eigenvalue weighted by molar-refractivity contribution is 4.75. The Morgan fingerprint density at radius 3 is 0.775 bits per heavy atom. The van der Waals surface area contributed by atoms with Crippen LogP contribution in [0.4, 0.5) is 0 Å². The lowest BCUT2D eigenvalue weighted by Crippen LogP contribution is -2.53. The number of piperazine rings is 1. The number of aliphatic hydroxyl groups excluding tert-OH is 2. The van der Waals surface area contributed by atoms with E-state index < -0.39 is 0 Å². The van der Waals surface area contributed by atoms with Gasteiger partial charge in [-0.3, -0.25) is 9.80 Å². The minimum Gasteiger partial charge on any atom is -0.378 e. The zero-order chi connectivity index (χ0) is 28.9. The van der Waals surface area contributed by atoms with Gasteiger partial charge in [0.05, 0.1) is 0 Å². The lowest BCUT2D eigenvalue weighted by atomic mass is 10.0. The first kappa shape index (κ1) is 37.9. The van der Waals surface area contributed by atoms with Crippen LogP contribution >= 0.6 is 0 Å². The predicted molar refractivity (Wildman–Crippen MR) is 176 cm³/mol. The van der Waals surface area contributed by atoms with E-state index in [1.165, 1.54) is 154 Å². The van der Waals surface area contributed by atoms with Crippen molar-refractivity contribution >= 4 is 0 Å². The first-order chi connectivity index (χ1) is 19.7. The lowest BCUT2D eigenvalue weighted by molar-refractivity contribution is -0.0743. The van der Waals surface area contributed by atoms with Crippen molar-refractivity contribution in [1.29, 1.82) is 0 Å². The fraction of sp³-hybridized carbons (Fsp3) is 1.00. The summed E-state index contributed by atoms with van der Waals surface area (Å²) < 4.78 is 0. The van der Waals surface area contributed by atoms with Crippen LogP contribution < -0.4 is 0 Å². The van der Waals surface area contributed by atoms with Crippen LogP contribution in [0.3, 0.4) is 0 Å². The molecule has 2 atom stereocenters. The van der Waals surface area contributed by atoms with E-state index in [4.69, 9.17) is 0 Å². The molecule has 1 saturated heterocycles. The summed E-state index contributed by atoms with van der Waals surface area (Å²) >= 11 is 0. The summed E-state index contributed by atoms with van der Waals surface area (Å²) in [5.74, 6) is 0. The molecule has 1 heterocycles. The van der Waals surface area contributed by atoms with Gasteiger partial charge < -0.3 is 10.2 Å². The molecule has 1 rings (SSSR count). The summed E-state index contributed by atoms with van der Waals surface area (Å²) in [5, 5.41) is 21.3. The summed E-state index contributed by atoms with van der Waals surface area (Å²) in [4.78, 5) is 4.46. The van der Waals surface area contributed by atoms with Gasteiger partial charge in [0.15, 0.2) is 0 Å². The molecule has 0 spiro atoms. The molecule has 0 radical (unpaired) electrons. The Hall–Kier alpha value is -0.160. The molecule has 0 aromatic carbocycles. The molecule has 1 fully saturated rings. The van der Waals surface area contributed by atoms with Gasteiger partial charge in [-0.1, -0.05) is 168 Å². The first-order valence-corrected chi connectivity index (χ1v) is 18.5. The van der Waals surface area contributed by atoms with Crippen LogP contribution in [0, 0.1) is 0 Å². The highest BCUT2D eigenvalue weighted by atomic mass is 16.3. The maximum atomic E-state index is 10.7. The van der Waals surface area contributed by atoms with Crippen LogP contribution in [0.15, 0.2) is 0 Å². The smallest absolute Gasteiger partial charge is 0.107 e. The van der Waals surface area contributed by atoms with Gasteiger partial charge in [0.25, 0.3) is 0 Å². The average Bonchev–Trinajstić information content (AvgIpc) is 2.97. The fourth-order valence-electron chi connectivity index (χ4n) is 6.39. The Morgan fingerprint density at radius 1 is 0.350 bits per heavy atom. The highest BCUT2D eigenvalue weighted by Gasteiger charge is 2.25. The second-order valence-corrected chi connectivity index (χ2v) is 13.1. The van der Waals surface area contributed by atoms with E-state index >= 15 is 0 Å². The maximum Gasteiger partial charge on any atom is 0.107 e. The van der Waals surface area contributed by atoms with Gasteiger partial charge in [0.1, 0.15) is 12.5 Å². The van der Waals surface area contributed by atoms with Gasteiger partial charge in [-0.25, -0.2) is 0 Å². The van der Waals surface area contributed by atoms with Gasteiger partial charge in [-0.2, -0.15) is 0 Å². The predicted octanol–water partition coefficient (Wildman–Crippen LogP) is 10.2. The molecule has 0 aromatic rings. The molecule has 4 heteroatoms. The molecule has 40 heavy (non-hydrogen) atoms. The second kappa shape index (κ2) is 28.9. The molecule has 4 nitrogen and oxygen atoms in total. The molecule has 0 amide bonds. The Bertz CT molecular complexity index is 451. The van der Waals surface area contributed by atoms with Crippen molar-refractivity contribution in [2.45, 2.75) is 206 Å². The molecule has 2 N–H and O–H groups in total. The Morgan fingerprint density at radius 2 is 0.550 bits per heavy atom. The molecule has 0 aliphatic carbocycles. The number of unbranched alkanes of at least 4 members (excludes halogenated alkanes) is 24. The van der Waals surface area contributed by atoms with Gasteiger partial charge in [0.2, 0.25) is 0 Å². The third-order valence-corrected chi connectivity index (χ3v) is 9.32. The molecule has 1 aliphatic rings. The molecule has 2 unspecified atom stereocenters. The monoisotopic (exact) mass is 567 g/mol. The zero-order valence-electron chi connectivity index (χ0n) is 27.6. The van der Waals surface area contributed by atoms with E-state index in [0.717, 1.165) is 51.9 Å². The molecule has 0 bridgehead atoms. The van der Waals surface area contributed by atoms with E-state index in [1.807, 2.05) is 0 Å². The standard InChI is InChI=1S/C36H74N2O2/c1-3-5-7-9-11-13-15-17-19-21-23-25-27-29-35(39)37-31-33-38(34-32-37)36(40)30-28-26-24-22-20-18-16-14-12-10-8-6-4-2/h35-36,39-40H,3-34H2,1-2H3. The van der Waals surface area contributed by atoms with E-state index in [9.17, 15) is 10.2 Å². The third kappa shape index (κ3) is 22.4. The topological polar surface area (TPSA) is 46.9 Å². The molecular formula is C36H74N2O2. The molecular weight excluding hydrogens is 492 g/mol. The van der Waals surface area contributed by atoms with Gasteiger partial charge in [0, 0.05) is 26.2 Å². The van der Waals surface area contributed by atoms with E-state index in [0.29, 0.717) is 0 Å². The van der Waals surface area contributed by atoms with Crippen molar-refractivity contribution in [2.24, 2.45) is 0 Å². The van der Waals surface area contributed by atoms with Gasteiger partial charge >= 0.3 is 0 Å². The number of nitrogens with zero attached hydrogens (tertiary/aromatic N) is 2. The molecule has 0 aromatic heterocycles. The van der Waals surface area contributed by atoms with Crippen LogP contribution in [0.1, 0.15) is 194 Å². The van der Waals surface area contributed by atoms with Crippen molar-refractivity contribution < 1.29 is 10.2 Å². The van der Waals surface area contributed by atoms with Crippen molar-refractivity contribution in [3.8, 4) is 0 Å². The SMILES string of the molecule is CCCCCCCCCCCCCCCC(O)N1CCN(C(O)CCCCCCCCCCCCCCC)CC1. The molecule has 1 aliphatic heterocycles. The average molecular weight is 567 g/mol. The number of rotatable bonds is 30. The Labute approximate surface area is 252 Å². The Balaban J connectivity index is 1.88. The van der Waals surface area contributed by atoms with Crippen LogP contribution in [-0.2, 0) is 0 Å². The van der Waals surface area contributed by atoms with Crippen molar-refractivity contribution in [3.05, 3.63) is 0 Å². The minimum absolute atomic E-state index is 0.298. The van der Waals surface area contributed by atoms with Crippen molar-refractivity contribution in [2.75, 3.05) is 26.2 Å². The summed E-state index contributed by atoms with van der Waals surface area (Å²) in [6.45, 7) is 8.11. The van der Waals surface area contributed by atoms with Crippen molar-refractivity contribution in [1.82, 2.24) is 9.80 Å². The quantitative estimate of drug-likeness (QED) is 0.0849. The van der Waals surface area contributed by atoms with Crippen molar-refractivity contribution in [3.63, 3.8) is 0 Å². The molecule has 0 saturated carbocycles. The number of aliphatic hydroxyl groups is 2. The fourth-order valence-corrected chi connectivity index (χ4v) is 6.39. The second-order valence-electron chi connectivity index (χ2n) is 13.1. The van der Waals surface area contributed by atoms with Gasteiger partial charge in [-0.15, -0.1) is 0 Å². The maximum absolute atomic E-state index is 10.7. The summed E-state index contributed by atoms with van der Waals surface area (Å²) in [7, 11) is 0. The first-order valence-electron chi connectivity index (χ1n) is 18.5. The van der Waals surface area contributed by atoms with E-state index in [1.54, 1.807) is 0 Å². The van der Waals surface area contributed by atoms with Crippen LogP contribution in [0.25, 0.3) is 0 Å². The molecule has 240 valence electrons. The zero-order valence-corrected chi connectivity index (χ0v) is 27.6. The number of hydrogen-bond donors (Lipinski definition) is 2. The minimum atomic E-state index is -0.298. The summed E-state index contributed by atoms with van der Waals surface area (Å²) in [5.41, 5.74) is 0. The number of hydrogen-bond acceptors (Lipinski definition) is 4. The van der Waals surface area contributed by atoms with Crippen LogP contribution in [0.5, 0.6) is 0 Å². The third-order valence-electron chi connectivity index (χ3n) is 9.32. The normalized spacial score (nSPS) is 16.5. The van der Waals surface area contributed by atoms with Crippen LogP contribution in [0.2, 0.25) is 0 Å².